The Labute approximate surface area is 85.1 Å². The third-order valence-electron chi connectivity index (χ3n) is 1.41. The fourth-order valence-corrected chi connectivity index (χ4v) is 1.12. The fraction of sp³-hybridized carbons (Fsp3) is 0.125. The molecule has 0 atom stereocenters. The van der Waals surface area contributed by atoms with Crippen LogP contribution in [0.2, 0.25) is 0 Å². The first kappa shape index (κ1) is 10.5. The topological polar surface area (TPSA) is 89.1 Å². The first-order valence-corrected chi connectivity index (χ1v) is 4.93. The Bertz CT molecular complexity index is 379. The van der Waals surface area contributed by atoms with Crippen LogP contribution in [-0.4, -0.2) is 27.3 Å². The number of carboxylic acids is 1. The van der Waals surface area contributed by atoms with E-state index in [0.29, 0.717) is 10.7 Å². The van der Waals surface area contributed by atoms with Crippen molar-refractivity contribution in [2.75, 3.05) is 12.0 Å². The first-order chi connectivity index (χ1) is 6.63. The van der Waals surface area contributed by atoms with E-state index in [1.54, 1.807) is 0 Å². The number of hydrogen-bond acceptors (Lipinski definition) is 5. The minimum atomic E-state index is -1.03. The Morgan fingerprint density at radius 1 is 1.71 bits per heavy atom. The minimum Gasteiger partial charge on any atom is -0.478 e. The summed E-state index contributed by atoms with van der Waals surface area (Å²) < 4.78 is 0. The molecule has 0 aromatic carbocycles. The number of nitrogens with two attached hydrogens (primary N) is 1. The Hall–Kier alpha value is -1.56. The molecule has 1 aromatic heterocycles. The summed E-state index contributed by atoms with van der Waals surface area (Å²) in [6.07, 6.45) is 5.69. The van der Waals surface area contributed by atoms with Gasteiger partial charge in [-0.05, 0) is 12.3 Å². The molecule has 1 aromatic rings. The Balaban J connectivity index is 2.94. The van der Waals surface area contributed by atoms with Crippen molar-refractivity contribution in [1.29, 1.82) is 0 Å². The molecule has 0 aliphatic rings. The second kappa shape index (κ2) is 4.61. The van der Waals surface area contributed by atoms with E-state index in [4.69, 9.17) is 10.8 Å². The molecule has 0 aliphatic carbocycles. The number of rotatable bonds is 3. The monoisotopic (exact) mass is 211 g/mol. The summed E-state index contributed by atoms with van der Waals surface area (Å²) in [5, 5.41) is 8.96. The Kier molecular flexibility index (Phi) is 3.47. The zero-order valence-corrected chi connectivity index (χ0v) is 8.28. The van der Waals surface area contributed by atoms with Crippen molar-refractivity contribution < 1.29 is 9.90 Å². The van der Waals surface area contributed by atoms with Crippen molar-refractivity contribution in [1.82, 2.24) is 9.97 Å². The molecule has 6 heteroatoms. The minimum absolute atomic E-state index is 0.279. The molecule has 0 spiro atoms. The van der Waals surface area contributed by atoms with E-state index in [1.165, 1.54) is 24.0 Å². The van der Waals surface area contributed by atoms with Crippen molar-refractivity contribution in [3.63, 3.8) is 0 Å². The number of aliphatic carboxylic acids is 1. The molecule has 0 saturated heterocycles. The number of hydrogen-bond donors (Lipinski definition) is 2. The largest absolute Gasteiger partial charge is 0.478 e. The van der Waals surface area contributed by atoms with Crippen molar-refractivity contribution in [2.45, 2.75) is 5.16 Å². The van der Waals surface area contributed by atoms with Crippen LogP contribution in [0, 0.1) is 0 Å². The summed E-state index contributed by atoms with van der Waals surface area (Å²) in [5.41, 5.74) is 6.08. The first-order valence-electron chi connectivity index (χ1n) is 3.71. The second-order valence-corrected chi connectivity index (χ2v) is 3.14. The van der Waals surface area contributed by atoms with Crippen LogP contribution >= 0.6 is 11.8 Å². The number of nitrogens with zero attached hydrogens (tertiary/aromatic N) is 2. The summed E-state index contributed by atoms with van der Waals surface area (Å²) in [7, 11) is 0. The Morgan fingerprint density at radius 2 is 2.43 bits per heavy atom. The fourth-order valence-electron chi connectivity index (χ4n) is 0.775. The van der Waals surface area contributed by atoms with Crippen molar-refractivity contribution in [2.24, 2.45) is 0 Å². The molecule has 0 fully saturated rings. The van der Waals surface area contributed by atoms with Crippen LogP contribution in [0.15, 0.2) is 17.4 Å². The molecule has 1 heterocycles. The van der Waals surface area contributed by atoms with Gasteiger partial charge in [-0.2, -0.15) is 0 Å². The maximum absolute atomic E-state index is 10.2. The quantitative estimate of drug-likeness (QED) is 0.438. The predicted octanol–water partition coefficient (Wildman–Crippen LogP) is 0.878. The lowest BCUT2D eigenvalue weighted by molar-refractivity contribution is -0.131. The number of nitrogen functional groups attached to an aromatic ring is 1. The van der Waals surface area contributed by atoms with Crippen molar-refractivity contribution in [3.05, 3.63) is 17.8 Å². The average Bonchev–Trinajstić information content (AvgIpc) is 2.15. The molecule has 0 bridgehead atoms. The van der Waals surface area contributed by atoms with Crippen LogP contribution in [0.4, 0.5) is 5.82 Å². The van der Waals surface area contributed by atoms with E-state index in [0.717, 1.165) is 6.08 Å². The molecule has 5 nitrogen and oxygen atoms in total. The Morgan fingerprint density at radius 3 is 2.93 bits per heavy atom. The number of thioether (sulfide) groups is 1. The number of anilines is 1. The molecule has 3 N–H and O–H groups in total. The molecule has 0 amide bonds. The molecule has 0 unspecified atom stereocenters. The zero-order valence-electron chi connectivity index (χ0n) is 7.47. The smallest absolute Gasteiger partial charge is 0.328 e. The van der Waals surface area contributed by atoms with Gasteiger partial charge < -0.3 is 10.8 Å². The van der Waals surface area contributed by atoms with E-state index < -0.39 is 5.97 Å². The highest BCUT2D eigenvalue weighted by Gasteiger charge is 2.00. The number of carbonyl (C=O) groups is 1. The van der Waals surface area contributed by atoms with E-state index in [9.17, 15) is 4.79 Å². The summed E-state index contributed by atoms with van der Waals surface area (Å²) in [4.78, 5) is 18.2. The van der Waals surface area contributed by atoms with Crippen LogP contribution in [-0.2, 0) is 4.79 Å². The van der Waals surface area contributed by atoms with Crippen molar-refractivity contribution in [3.8, 4) is 0 Å². The van der Waals surface area contributed by atoms with Crippen LogP contribution in [0.25, 0.3) is 6.08 Å². The maximum atomic E-state index is 10.2. The molecule has 0 saturated carbocycles. The predicted molar refractivity (Wildman–Crippen MR) is 54.9 cm³/mol. The molecule has 0 radical (unpaired) electrons. The summed E-state index contributed by atoms with van der Waals surface area (Å²) >= 11 is 1.37. The van der Waals surface area contributed by atoms with Crippen LogP contribution in [0.3, 0.4) is 0 Å². The highest BCUT2D eigenvalue weighted by molar-refractivity contribution is 7.98. The van der Waals surface area contributed by atoms with Gasteiger partial charge in [0.1, 0.15) is 5.82 Å². The van der Waals surface area contributed by atoms with Gasteiger partial charge in [-0.1, -0.05) is 11.8 Å². The second-order valence-electron chi connectivity index (χ2n) is 2.37. The zero-order chi connectivity index (χ0) is 10.6. The van der Waals surface area contributed by atoms with Gasteiger partial charge in [0.25, 0.3) is 0 Å². The van der Waals surface area contributed by atoms with E-state index >= 15 is 0 Å². The number of aromatic nitrogens is 2. The van der Waals surface area contributed by atoms with Gasteiger partial charge in [0, 0.05) is 17.8 Å². The summed E-state index contributed by atoms with van der Waals surface area (Å²) in [5.74, 6) is -0.750. The van der Waals surface area contributed by atoms with Crippen LogP contribution in [0.5, 0.6) is 0 Å². The molecule has 14 heavy (non-hydrogen) atoms. The van der Waals surface area contributed by atoms with Crippen molar-refractivity contribution >= 4 is 29.6 Å². The van der Waals surface area contributed by atoms with Gasteiger partial charge in [-0.3, -0.25) is 0 Å². The third kappa shape index (κ3) is 2.74. The SMILES string of the molecule is CSc1ncc(C=CC(=O)O)c(N)n1. The third-order valence-corrected chi connectivity index (χ3v) is 1.98. The van der Waals surface area contributed by atoms with Gasteiger partial charge in [-0.25, -0.2) is 14.8 Å². The molecule has 74 valence electrons. The normalized spacial score (nSPS) is 10.6. The van der Waals surface area contributed by atoms with Gasteiger partial charge in [-0.15, -0.1) is 0 Å². The van der Waals surface area contributed by atoms with Gasteiger partial charge in [0.15, 0.2) is 5.16 Å². The van der Waals surface area contributed by atoms with E-state index in [-0.39, 0.29) is 5.82 Å². The van der Waals surface area contributed by atoms with E-state index in [1.807, 2.05) is 6.26 Å². The van der Waals surface area contributed by atoms with Crippen LogP contribution < -0.4 is 5.73 Å². The van der Waals surface area contributed by atoms with Gasteiger partial charge in [0.2, 0.25) is 0 Å². The lowest BCUT2D eigenvalue weighted by Crippen LogP contribution is -1.97. The molecular formula is C8H9N3O2S. The highest BCUT2D eigenvalue weighted by atomic mass is 32.2. The lowest BCUT2D eigenvalue weighted by atomic mass is 10.3. The molecular weight excluding hydrogens is 202 g/mol. The molecule has 1 rings (SSSR count). The average molecular weight is 211 g/mol. The summed E-state index contributed by atoms with van der Waals surface area (Å²) in [6, 6.07) is 0. The van der Waals surface area contributed by atoms with Gasteiger partial charge >= 0.3 is 5.97 Å². The summed E-state index contributed by atoms with van der Waals surface area (Å²) in [6.45, 7) is 0. The standard InChI is InChI=1S/C8H9N3O2S/c1-14-8-10-4-5(7(9)11-8)2-3-6(12)13/h2-4H,1H3,(H,12,13)(H2,9,10,11). The van der Waals surface area contributed by atoms with E-state index in [2.05, 4.69) is 9.97 Å². The highest BCUT2D eigenvalue weighted by Crippen LogP contribution is 2.14. The maximum Gasteiger partial charge on any atom is 0.328 e. The lowest BCUT2D eigenvalue weighted by Gasteiger charge is -1.99. The van der Waals surface area contributed by atoms with Crippen LogP contribution in [0.1, 0.15) is 5.56 Å². The number of carboxylic acid groups (broad SMARTS) is 1. The van der Waals surface area contributed by atoms with Gasteiger partial charge in [0.05, 0.1) is 0 Å². The molecule has 0 aliphatic heterocycles.